The quantitative estimate of drug-likeness (QED) is 0.745. The van der Waals surface area contributed by atoms with Crippen molar-refractivity contribution in [2.45, 2.75) is 10.3 Å². The molecular weight excluding hydrogens is 240 g/mol. The largest absolute Gasteiger partial charge is 0.379 e. The molecule has 0 aromatic carbocycles. The summed E-state index contributed by atoms with van der Waals surface area (Å²) in [6.45, 7) is 1.67. The Morgan fingerprint density at radius 2 is 2.42 bits per heavy atom. The fourth-order valence-electron chi connectivity index (χ4n) is 0.828. The second-order valence-electron chi connectivity index (χ2n) is 2.45. The number of rotatable bonds is 2. The molecule has 0 aliphatic carbocycles. The maximum atomic E-state index is 5.07. The summed E-state index contributed by atoms with van der Waals surface area (Å²) in [6, 6.07) is 0. The van der Waals surface area contributed by atoms with E-state index in [1.54, 1.807) is 24.3 Å². The fourth-order valence-corrected chi connectivity index (χ4v) is 2.25. The van der Waals surface area contributed by atoms with E-state index in [2.05, 4.69) is 25.9 Å². The normalized spacial score (nSPS) is 17.4. The van der Waals surface area contributed by atoms with E-state index in [-0.39, 0.29) is 0 Å². The van der Waals surface area contributed by atoms with Crippen LogP contribution in [0.5, 0.6) is 0 Å². The van der Waals surface area contributed by atoms with Crippen molar-refractivity contribution < 1.29 is 4.74 Å². The number of halogens is 1. The van der Waals surface area contributed by atoms with Gasteiger partial charge in [-0.05, 0) is 15.9 Å². The van der Waals surface area contributed by atoms with E-state index >= 15 is 0 Å². The molecule has 0 N–H and O–H groups in total. The molecule has 5 heteroatoms. The summed E-state index contributed by atoms with van der Waals surface area (Å²) >= 11 is 5.13. The molecule has 2 heterocycles. The highest BCUT2D eigenvalue weighted by Gasteiger charge is 2.20. The van der Waals surface area contributed by atoms with E-state index < -0.39 is 0 Å². The van der Waals surface area contributed by atoms with Crippen LogP contribution >= 0.6 is 27.7 Å². The van der Waals surface area contributed by atoms with Gasteiger partial charge in [0.15, 0.2) is 0 Å². The first-order valence-electron chi connectivity index (χ1n) is 3.56. The highest BCUT2D eigenvalue weighted by atomic mass is 79.9. The minimum absolute atomic E-state index is 0.566. The summed E-state index contributed by atoms with van der Waals surface area (Å²) < 4.78 is 6.03. The van der Waals surface area contributed by atoms with Gasteiger partial charge >= 0.3 is 0 Å². The van der Waals surface area contributed by atoms with Crippen molar-refractivity contribution >= 4 is 27.7 Å². The van der Waals surface area contributed by atoms with Crippen molar-refractivity contribution in [3.63, 3.8) is 0 Å². The topological polar surface area (TPSA) is 35.0 Å². The summed E-state index contributed by atoms with van der Waals surface area (Å²) in [5.74, 6) is 0. The van der Waals surface area contributed by atoms with Gasteiger partial charge in [-0.1, -0.05) is 11.8 Å². The van der Waals surface area contributed by atoms with E-state index in [9.17, 15) is 0 Å². The maximum absolute atomic E-state index is 5.07. The molecule has 0 radical (unpaired) electrons. The minimum atomic E-state index is 0.566. The molecule has 0 amide bonds. The Balaban J connectivity index is 2.06. The SMILES string of the molecule is Brc1cncnc1SC1COC1. The van der Waals surface area contributed by atoms with Gasteiger partial charge in [-0.25, -0.2) is 9.97 Å². The molecule has 1 aromatic heterocycles. The van der Waals surface area contributed by atoms with Crippen molar-refractivity contribution in [3.8, 4) is 0 Å². The monoisotopic (exact) mass is 246 g/mol. The molecule has 64 valence electrons. The lowest BCUT2D eigenvalue weighted by molar-refractivity contribution is 0.0454. The Hall–Kier alpha value is -0.130. The predicted molar refractivity (Wildman–Crippen MR) is 50.2 cm³/mol. The number of ether oxygens (including phenoxy) is 1. The molecule has 1 fully saturated rings. The molecule has 1 aliphatic rings. The highest BCUT2D eigenvalue weighted by molar-refractivity contribution is 9.10. The first-order chi connectivity index (χ1) is 5.86. The molecule has 2 rings (SSSR count). The van der Waals surface area contributed by atoms with Crippen LogP contribution in [-0.2, 0) is 4.74 Å². The van der Waals surface area contributed by atoms with Gasteiger partial charge in [0.05, 0.1) is 22.9 Å². The molecule has 0 unspecified atom stereocenters. The second-order valence-corrected chi connectivity index (χ2v) is 4.60. The maximum Gasteiger partial charge on any atom is 0.116 e. The van der Waals surface area contributed by atoms with E-state index in [0.717, 1.165) is 22.7 Å². The van der Waals surface area contributed by atoms with Crippen LogP contribution in [0.4, 0.5) is 0 Å². The average molecular weight is 247 g/mol. The number of thioether (sulfide) groups is 1. The van der Waals surface area contributed by atoms with Crippen LogP contribution < -0.4 is 0 Å². The van der Waals surface area contributed by atoms with Crippen molar-refractivity contribution in [1.29, 1.82) is 0 Å². The van der Waals surface area contributed by atoms with E-state index in [1.165, 1.54) is 0 Å². The zero-order valence-electron chi connectivity index (χ0n) is 6.24. The molecule has 3 nitrogen and oxygen atoms in total. The van der Waals surface area contributed by atoms with Crippen LogP contribution in [-0.4, -0.2) is 28.4 Å². The summed E-state index contributed by atoms with van der Waals surface area (Å²) in [4.78, 5) is 8.04. The summed E-state index contributed by atoms with van der Waals surface area (Å²) in [5, 5.41) is 1.56. The zero-order chi connectivity index (χ0) is 8.39. The van der Waals surface area contributed by atoms with Gasteiger partial charge in [-0.2, -0.15) is 0 Å². The smallest absolute Gasteiger partial charge is 0.116 e. The zero-order valence-corrected chi connectivity index (χ0v) is 8.64. The molecular formula is C7H7BrN2OS. The van der Waals surface area contributed by atoms with Gasteiger partial charge in [0, 0.05) is 6.20 Å². The minimum Gasteiger partial charge on any atom is -0.379 e. The van der Waals surface area contributed by atoms with Crippen molar-refractivity contribution in [2.24, 2.45) is 0 Å². The van der Waals surface area contributed by atoms with Crippen LogP contribution in [0.1, 0.15) is 0 Å². The average Bonchev–Trinajstić information content (AvgIpc) is 2.00. The molecule has 1 aliphatic heterocycles. The molecule has 0 atom stereocenters. The lowest BCUT2D eigenvalue weighted by Crippen LogP contribution is -2.30. The standard InChI is InChI=1S/C7H7BrN2OS/c8-6-1-9-4-10-7(6)12-5-2-11-3-5/h1,4-5H,2-3H2. The van der Waals surface area contributed by atoms with Crippen LogP contribution in [0.3, 0.4) is 0 Å². The van der Waals surface area contributed by atoms with Crippen molar-refractivity contribution in [1.82, 2.24) is 9.97 Å². The Bertz CT molecular complexity index is 280. The number of nitrogens with zero attached hydrogens (tertiary/aromatic N) is 2. The van der Waals surface area contributed by atoms with Gasteiger partial charge in [-0.15, -0.1) is 0 Å². The Morgan fingerprint density at radius 1 is 1.58 bits per heavy atom. The molecule has 1 aromatic rings. The first kappa shape index (κ1) is 8.47. The Kier molecular flexibility index (Phi) is 2.63. The lowest BCUT2D eigenvalue weighted by Gasteiger charge is -2.24. The van der Waals surface area contributed by atoms with Gasteiger partial charge in [0.2, 0.25) is 0 Å². The third-order valence-corrected chi connectivity index (χ3v) is 3.52. The van der Waals surface area contributed by atoms with Crippen LogP contribution in [0.2, 0.25) is 0 Å². The van der Waals surface area contributed by atoms with E-state index in [4.69, 9.17) is 4.74 Å². The second kappa shape index (κ2) is 3.72. The number of hydrogen-bond donors (Lipinski definition) is 0. The van der Waals surface area contributed by atoms with Crippen LogP contribution in [0, 0.1) is 0 Å². The third-order valence-electron chi connectivity index (χ3n) is 1.52. The summed E-state index contributed by atoms with van der Waals surface area (Å²) in [6.07, 6.45) is 3.32. The van der Waals surface area contributed by atoms with Crippen LogP contribution in [0.25, 0.3) is 0 Å². The van der Waals surface area contributed by atoms with Crippen molar-refractivity contribution in [2.75, 3.05) is 13.2 Å². The highest BCUT2D eigenvalue weighted by Crippen LogP contribution is 2.30. The summed E-state index contributed by atoms with van der Waals surface area (Å²) in [5.41, 5.74) is 0. The molecule has 0 saturated carbocycles. The molecule has 0 spiro atoms. The lowest BCUT2D eigenvalue weighted by atomic mass is 10.4. The van der Waals surface area contributed by atoms with Crippen LogP contribution in [0.15, 0.2) is 22.0 Å². The molecule has 0 bridgehead atoms. The van der Waals surface area contributed by atoms with E-state index in [1.807, 2.05) is 0 Å². The van der Waals surface area contributed by atoms with Gasteiger partial charge in [0.25, 0.3) is 0 Å². The fraction of sp³-hybridized carbons (Fsp3) is 0.429. The number of aromatic nitrogens is 2. The molecule has 1 saturated heterocycles. The first-order valence-corrected chi connectivity index (χ1v) is 5.23. The van der Waals surface area contributed by atoms with Crippen molar-refractivity contribution in [3.05, 3.63) is 17.0 Å². The summed E-state index contributed by atoms with van der Waals surface area (Å²) in [7, 11) is 0. The van der Waals surface area contributed by atoms with Gasteiger partial charge in [0.1, 0.15) is 11.4 Å². The Labute approximate surface area is 83.1 Å². The Morgan fingerprint density at radius 3 is 3.00 bits per heavy atom. The van der Waals surface area contributed by atoms with Gasteiger partial charge < -0.3 is 4.74 Å². The third kappa shape index (κ3) is 1.78. The number of hydrogen-bond acceptors (Lipinski definition) is 4. The van der Waals surface area contributed by atoms with E-state index in [0.29, 0.717) is 5.25 Å². The van der Waals surface area contributed by atoms with Gasteiger partial charge in [-0.3, -0.25) is 0 Å². The molecule has 12 heavy (non-hydrogen) atoms. The predicted octanol–water partition coefficient (Wildman–Crippen LogP) is 1.73.